The molecule has 0 atom stereocenters. The second-order valence-corrected chi connectivity index (χ2v) is 4.12. The Morgan fingerprint density at radius 2 is 2.05 bits per heavy atom. The molecule has 2 heterocycles. The van der Waals surface area contributed by atoms with Crippen LogP contribution in [0.2, 0.25) is 0 Å². The summed E-state index contributed by atoms with van der Waals surface area (Å²) in [6.07, 6.45) is 3.98. The fraction of sp³-hybridized carbons (Fsp3) is 0.286. The predicted molar refractivity (Wildman–Crippen MR) is 81.3 cm³/mol. The second kappa shape index (κ2) is 7.61. The van der Waals surface area contributed by atoms with Gasteiger partial charge in [0.15, 0.2) is 0 Å². The molecule has 2 aromatic rings. The van der Waals surface area contributed by atoms with Crippen LogP contribution in [0, 0.1) is 0 Å². The maximum Gasteiger partial charge on any atom is 0.491 e. The standard InChI is InChI=1S/C12H12BN3O3.C2H6/c17-13-11-8-10(3-2-9(11)4-7-18-13)16-19-12-14-5-1-6-15-12;1-2/h1-3,5-6,8,16-17H,4,7H2;1-2H3. The molecule has 1 aliphatic rings. The average Bonchev–Trinajstić information content (AvgIpc) is 2.56. The summed E-state index contributed by atoms with van der Waals surface area (Å²) in [4.78, 5) is 13.1. The van der Waals surface area contributed by atoms with Crippen LogP contribution in [-0.4, -0.2) is 28.7 Å². The number of benzene rings is 1. The summed E-state index contributed by atoms with van der Waals surface area (Å²) in [7, 11) is -0.876. The molecule has 110 valence electrons. The zero-order valence-corrected chi connectivity index (χ0v) is 12.1. The molecule has 1 aromatic heterocycles. The zero-order valence-electron chi connectivity index (χ0n) is 12.1. The van der Waals surface area contributed by atoms with Gasteiger partial charge in [-0.3, -0.25) is 0 Å². The SMILES string of the molecule is CC.OB1OCCc2ccc(NOc3ncccn3)cc21. The second-order valence-electron chi connectivity index (χ2n) is 4.12. The first kappa shape index (κ1) is 15.3. The number of nitrogens with zero attached hydrogens (tertiary/aromatic N) is 2. The molecule has 7 heteroatoms. The smallest absolute Gasteiger partial charge is 0.423 e. The molecule has 0 amide bonds. The van der Waals surface area contributed by atoms with Gasteiger partial charge in [-0.25, -0.2) is 15.4 Å². The van der Waals surface area contributed by atoms with E-state index >= 15 is 0 Å². The van der Waals surface area contributed by atoms with Gasteiger partial charge in [0.1, 0.15) is 0 Å². The molecule has 0 saturated carbocycles. The lowest BCUT2D eigenvalue weighted by molar-refractivity contribution is 0.266. The van der Waals surface area contributed by atoms with Crippen LogP contribution in [0.25, 0.3) is 0 Å². The van der Waals surface area contributed by atoms with E-state index in [0.29, 0.717) is 12.3 Å². The lowest BCUT2D eigenvalue weighted by Crippen LogP contribution is -2.41. The first-order chi connectivity index (χ1) is 10.3. The summed E-state index contributed by atoms with van der Waals surface area (Å²) in [5.41, 5.74) is 5.29. The summed E-state index contributed by atoms with van der Waals surface area (Å²) >= 11 is 0. The summed E-state index contributed by atoms with van der Waals surface area (Å²) < 4.78 is 5.18. The lowest BCUT2D eigenvalue weighted by atomic mass is 9.73. The molecule has 0 saturated heterocycles. The van der Waals surface area contributed by atoms with Crippen LogP contribution < -0.4 is 15.8 Å². The summed E-state index contributed by atoms with van der Waals surface area (Å²) in [6, 6.07) is 7.55. The molecule has 2 N–H and O–H groups in total. The van der Waals surface area contributed by atoms with Crippen molar-refractivity contribution in [1.29, 1.82) is 0 Å². The summed E-state index contributed by atoms with van der Waals surface area (Å²) in [5.74, 6) is 0. The fourth-order valence-corrected chi connectivity index (χ4v) is 1.93. The highest BCUT2D eigenvalue weighted by molar-refractivity contribution is 6.61. The molecule has 3 rings (SSSR count). The van der Waals surface area contributed by atoms with Crippen molar-refractivity contribution in [3.63, 3.8) is 0 Å². The first-order valence-electron chi connectivity index (χ1n) is 6.95. The van der Waals surface area contributed by atoms with Crippen molar-refractivity contribution in [2.75, 3.05) is 12.1 Å². The number of aromatic nitrogens is 2. The van der Waals surface area contributed by atoms with E-state index in [-0.39, 0.29) is 6.01 Å². The van der Waals surface area contributed by atoms with E-state index in [4.69, 9.17) is 9.49 Å². The van der Waals surface area contributed by atoms with E-state index in [0.717, 1.165) is 17.4 Å². The maximum atomic E-state index is 9.76. The predicted octanol–water partition coefficient (Wildman–Crippen LogP) is 1.17. The normalized spacial score (nSPS) is 12.8. The van der Waals surface area contributed by atoms with Crippen molar-refractivity contribution < 1.29 is 14.5 Å². The Kier molecular flexibility index (Phi) is 5.54. The molecule has 0 spiro atoms. The van der Waals surface area contributed by atoms with E-state index < -0.39 is 7.12 Å². The molecule has 21 heavy (non-hydrogen) atoms. The van der Waals surface area contributed by atoms with E-state index in [1.807, 2.05) is 26.0 Å². The van der Waals surface area contributed by atoms with E-state index in [2.05, 4.69) is 15.4 Å². The number of rotatable bonds is 3. The third kappa shape index (κ3) is 3.93. The van der Waals surface area contributed by atoms with Crippen LogP contribution in [0.15, 0.2) is 36.7 Å². The van der Waals surface area contributed by atoms with Gasteiger partial charge in [0.25, 0.3) is 0 Å². The summed E-state index contributed by atoms with van der Waals surface area (Å²) in [5, 5.41) is 9.76. The molecule has 0 fully saturated rings. The maximum absolute atomic E-state index is 9.76. The van der Waals surface area contributed by atoms with Gasteiger partial charge in [-0.05, 0) is 35.6 Å². The van der Waals surface area contributed by atoms with Gasteiger partial charge in [0.2, 0.25) is 0 Å². The van der Waals surface area contributed by atoms with Crippen LogP contribution in [0.3, 0.4) is 0 Å². The third-order valence-electron chi connectivity index (χ3n) is 2.86. The topological polar surface area (TPSA) is 76.5 Å². The van der Waals surface area contributed by atoms with Crippen molar-refractivity contribution in [3.05, 3.63) is 42.2 Å². The van der Waals surface area contributed by atoms with Crippen molar-refractivity contribution in [3.8, 4) is 6.01 Å². The Labute approximate surface area is 124 Å². The molecule has 0 aliphatic carbocycles. The number of hydrogen-bond donors (Lipinski definition) is 2. The molecule has 0 unspecified atom stereocenters. The Morgan fingerprint density at radius 1 is 1.29 bits per heavy atom. The number of anilines is 1. The minimum atomic E-state index is -0.876. The minimum Gasteiger partial charge on any atom is -0.423 e. The molecule has 1 aromatic carbocycles. The van der Waals surface area contributed by atoms with Crippen LogP contribution in [0.1, 0.15) is 19.4 Å². The van der Waals surface area contributed by atoms with Gasteiger partial charge >= 0.3 is 13.1 Å². The highest BCUT2D eigenvalue weighted by Crippen LogP contribution is 2.13. The lowest BCUT2D eigenvalue weighted by Gasteiger charge is -2.19. The van der Waals surface area contributed by atoms with E-state index in [1.54, 1.807) is 24.5 Å². The van der Waals surface area contributed by atoms with Crippen molar-refractivity contribution in [2.24, 2.45) is 0 Å². The summed E-state index contributed by atoms with van der Waals surface area (Å²) in [6.45, 7) is 4.54. The Balaban J connectivity index is 0.000000774. The Morgan fingerprint density at radius 3 is 2.81 bits per heavy atom. The molecule has 0 radical (unpaired) electrons. The van der Waals surface area contributed by atoms with Crippen molar-refractivity contribution in [2.45, 2.75) is 20.3 Å². The largest absolute Gasteiger partial charge is 0.491 e. The van der Waals surface area contributed by atoms with E-state index in [9.17, 15) is 5.02 Å². The minimum absolute atomic E-state index is 0.233. The highest BCUT2D eigenvalue weighted by atomic mass is 16.7. The first-order valence-corrected chi connectivity index (χ1v) is 6.95. The van der Waals surface area contributed by atoms with Gasteiger partial charge < -0.3 is 14.5 Å². The van der Waals surface area contributed by atoms with E-state index in [1.165, 1.54) is 0 Å². The quantitative estimate of drug-likeness (QED) is 0.652. The molecular weight excluding hydrogens is 269 g/mol. The van der Waals surface area contributed by atoms with Crippen LogP contribution in [0.4, 0.5) is 5.69 Å². The van der Waals surface area contributed by atoms with Crippen LogP contribution in [-0.2, 0) is 11.1 Å². The molecule has 1 aliphatic heterocycles. The molecular formula is C14H18BN3O3. The van der Waals surface area contributed by atoms with Gasteiger partial charge in [-0.2, -0.15) is 0 Å². The molecule has 6 nitrogen and oxygen atoms in total. The van der Waals surface area contributed by atoms with Crippen molar-refractivity contribution in [1.82, 2.24) is 9.97 Å². The Hall–Kier alpha value is -2.12. The van der Waals surface area contributed by atoms with Crippen molar-refractivity contribution >= 4 is 18.3 Å². The monoisotopic (exact) mass is 287 g/mol. The Bertz CT molecular complexity index is 569. The van der Waals surface area contributed by atoms with Crippen LogP contribution >= 0.6 is 0 Å². The number of hydrogen-bond acceptors (Lipinski definition) is 6. The highest BCUT2D eigenvalue weighted by Gasteiger charge is 2.24. The van der Waals surface area contributed by atoms with Gasteiger partial charge in [0.05, 0.1) is 5.69 Å². The third-order valence-corrected chi connectivity index (χ3v) is 2.86. The van der Waals surface area contributed by atoms with Crippen LogP contribution in [0.5, 0.6) is 6.01 Å². The number of nitrogens with one attached hydrogen (secondary N) is 1. The fourth-order valence-electron chi connectivity index (χ4n) is 1.93. The zero-order chi connectivity index (χ0) is 15.1. The van der Waals surface area contributed by atoms with Gasteiger partial charge in [-0.15, -0.1) is 0 Å². The number of fused-ring (bicyclic) bond motifs is 1. The molecule has 0 bridgehead atoms. The van der Waals surface area contributed by atoms with Gasteiger partial charge in [-0.1, -0.05) is 19.9 Å². The van der Waals surface area contributed by atoms with Gasteiger partial charge in [0, 0.05) is 19.0 Å². The average molecular weight is 287 g/mol.